The fourth-order valence-corrected chi connectivity index (χ4v) is 1.14. The van der Waals surface area contributed by atoms with Crippen molar-refractivity contribution in [2.24, 2.45) is 10.9 Å². The Morgan fingerprint density at radius 1 is 1.35 bits per heavy atom. The topological polar surface area (TPSA) is 87.7 Å². The molecule has 0 heterocycles. The number of nitrogens with two attached hydrogens (primary N) is 1. The van der Waals surface area contributed by atoms with Gasteiger partial charge >= 0.3 is 0 Å². The quantitative estimate of drug-likeness (QED) is 0.317. The van der Waals surface area contributed by atoms with Gasteiger partial charge in [0.2, 0.25) is 0 Å². The molecule has 0 aliphatic heterocycles. The summed E-state index contributed by atoms with van der Waals surface area (Å²) < 4.78 is 25.6. The number of rotatable bonds is 4. The monoisotopic (exact) mass is 243 g/mol. The third kappa shape index (κ3) is 4.06. The van der Waals surface area contributed by atoms with Crippen molar-refractivity contribution >= 4 is 11.7 Å². The Hall–Kier alpha value is -2.18. The van der Waals surface area contributed by atoms with Crippen LogP contribution in [0, 0.1) is 11.6 Å². The second-order valence-corrected chi connectivity index (χ2v) is 3.26. The summed E-state index contributed by atoms with van der Waals surface area (Å²) >= 11 is 0. The van der Waals surface area contributed by atoms with Crippen molar-refractivity contribution in [2.75, 3.05) is 6.54 Å². The second-order valence-electron chi connectivity index (χ2n) is 3.26. The van der Waals surface area contributed by atoms with Gasteiger partial charge in [-0.05, 0) is 12.1 Å². The van der Waals surface area contributed by atoms with Crippen molar-refractivity contribution < 1.29 is 18.8 Å². The zero-order valence-electron chi connectivity index (χ0n) is 8.78. The molecule has 92 valence electrons. The van der Waals surface area contributed by atoms with Gasteiger partial charge in [-0.15, -0.1) is 0 Å². The number of carbonyl (C=O) groups is 1. The SMILES string of the molecule is N/C(CCNC(=O)c1cc(F)cc(F)c1)=N/O. The van der Waals surface area contributed by atoms with Crippen LogP contribution in [-0.2, 0) is 0 Å². The van der Waals surface area contributed by atoms with E-state index in [-0.39, 0.29) is 24.4 Å². The van der Waals surface area contributed by atoms with Gasteiger partial charge in [0.15, 0.2) is 0 Å². The molecule has 0 atom stereocenters. The largest absolute Gasteiger partial charge is 0.409 e. The fourth-order valence-electron chi connectivity index (χ4n) is 1.14. The third-order valence-electron chi connectivity index (χ3n) is 1.92. The van der Waals surface area contributed by atoms with E-state index >= 15 is 0 Å². The summed E-state index contributed by atoms with van der Waals surface area (Å²) in [6, 6.07) is 2.51. The molecular weight excluding hydrogens is 232 g/mol. The van der Waals surface area contributed by atoms with Crippen molar-refractivity contribution in [2.45, 2.75) is 6.42 Å². The lowest BCUT2D eigenvalue weighted by Gasteiger charge is -2.04. The molecule has 0 unspecified atom stereocenters. The first-order valence-electron chi connectivity index (χ1n) is 4.73. The highest BCUT2D eigenvalue weighted by Crippen LogP contribution is 2.07. The van der Waals surface area contributed by atoms with Gasteiger partial charge in [-0.25, -0.2) is 8.78 Å². The predicted molar refractivity (Wildman–Crippen MR) is 56.7 cm³/mol. The molecule has 0 aliphatic rings. The van der Waals surface area contributed by atoms with E-state index in [1.165, 1.54) is 0 Å². The zero-order chi connectivity index (χ0) is 12.8. The number of carbonyl (C=O) groups excluding carboxylic acids is 1. The lowest BCUT2D eigenvalue weighted by molar-refractivity contribution is 0.0953. The molecule has 0 fully saturated rings. The zero-order valence-corrected chi connectivity index (χ0v) is 8.78. The first kappa shape index (κ1) is 12.9. The van der Waals surface area contributed by atoms with Gasteiger partial charge in [0.1, 0.15) is 17.5 Å². The number of benzene rings is 1. The van der Waals surface area contributed by atoms with Crippen LogP contribution in [0.25, 0.3) is 0 Å². The fraction of sp³-hybridized carbons (Fsp3) is 0.200. The lowest BCUT2D eigenvalue weighted by atomic mass is 10.2. The van der Waals surface area contributed by atoms with E-state index in [9.17, 15) is 13.6 Å². The molecule has 1 aromatic rings. The first-order chi connectivity index (χ1) is 8.02. The molecule has 17 heavy (non-hydrogen) atoms. The summed E-state index contributed by atoms with van der Waals surface area (Å²) in [6.07, 6.45) is 0.139. The van der Waals surface area contributed by atoms with E-state index in [1.807, 2.05) is 0 Å². The van der Waals surface area contributed by atoms with Crippen LogP contribution in [0.4, 0.5) is 8.78 Å². The maximum atomic E-state index is 12.8. The number of nitrogens with zero attached hydrogens (tertiary/aromatic N) is 1. The van der Waals surface area contributed by atoms with E-state index in [2.05, 4.69) is 10.5 Å². The Bertz CT molecular complexity index is 429. The van der Waals surface area contributed by atoms with E-state index in [0.717, 1.165) is 12.1 Å². The van der Waals surface area contributed by atoms with Gasteiger partial charge in [0, 0.05) is 24.6 Å². The standard InChI is InChI=1S/C10H11F2N3O2/c11-7-3-6(4-8(12)5-7)10(16)14-2-1-9(13)15-17/h3-5,17H,1-2H2,(H2,13,15)(H,14,16). The summed E-state index contributed by atoms with van der Waals surface area (Å²) in [4.78, 5) is 11.4. The molecule has 1 rings (SSSR count). The second kappa shape index (κ2) is 5.78. The number of halogens is 2. The number of hydrogen-bond acceptors (Lipinski definition) is 3. The van der Waals surface area contributed by atoms with Crippen molar-refractivity contribution in [3.63, 3.8) is 0 Å². The maximum Gasteiger partial charge on any atom is 0.251 e. The summed E-state index contributed by atoms with van der Waals surface area (Å²) in [5.41, 5.74) is 5.05. The molecule has 0 saturated carbocycles. The van der Waals surface area contributed by atoms with E-state index in [1.54, 1.807) is 0 Å². The highest BCUT2D eigenvalue weighted by Gasteiger charge is 2.08. The van der Waals surface area contributed by atoms with Crippen LogP contribution >= 0.6 is 0 Å². The normalized spacial score (nSPS) is 11.3. The van der Waals surface area contributed by atoms with Crippen molar-refractivity contribution in [3.8, 4) is 0 Å². The van der Waals surface area contributed by atoms with Gasteiger partial charge in [0.25, 0.3) is 5.91 Å². The van der Waals surface area contributed by atoms with Crippen molar-refractivity contribution in [1.29, 1.82) is 0 Å². The molecule has 1 amide bonds. The van der Waals surface area contributed by atoms with Gasteiger partial charge in [0.05, 0.1) is 0 Å². The summed E-state index contributed by atoms with van der Waals surface area (Å²) in [5.74, 6) is -2.33. The van der Waals surface area contributed by atoms with Gasteiger partial charge in [-0.1, -0.05) is 5.16 Å². The summed E-state index contributed by atoms with van der Waals surface area (Å²) in [6.45, 7) is 0.104. The molecule has 1 aromatic carbocycles. The molecule has 7 heteroatoms. The van der Waals surface area contributed by atoms with E-state index < -0.39 is 17.5 Å². The van der Waals surface area contributed by atoms with Gasteiger partial charge in [-0.2, -0.15) is 0 Å². The number of hydrogen-bond donors (Lipinski definition) is 3. The number of nitrogens with one attached hydrogen (secondary N) is 1. The van der Waals surface area contributed by atoms with E-state index in [0.29, 0.717) is 6.07 Å². The van der Waals surface area contributed by atoms with Crippen LogP contribution in [-0.4, -0.2) is 23.5 Å². The minimum Gasteiger partial charge on any atom is -0.409 e. The lowest BCUT2D eigenvalue weighted by Crippen LogP contribution is -2.28. The summed E-state index contributed by atoms with van der Waals surface area (Å²) in [7, 11) is 0. The molecule has 0 spiro atoms. The Kier molecular flexibility index (Phi) is 4.38. The Labute approximate surface area is 95.9 Å². The molecule has 5 nitrogen and oxygen atoms in total. The smallest absolute Gasteiger partial charge is 0.251 e. The van der Waals surface area contributed by atoms with Crippen molar-refractivity contribution in [3.05, 3.63) is 35.4 Å². The minimum atomic E-state index is -0.827. The number of amidine groups is 1. The molecule has 0 aliphatic carbocycles. The van der Waals surface area contributed by atoms with Gasteiger partial charge in [-0.3, -0.25) is 4.79 Å². The Morgan fingerprint density at radius 3 is 2.47 bits per heavy atom. The molecule has 0 radical (unpaired) electrons. The number of amides is 1. The third-order valence-corrected chi connectivity index (χ3v) is 1.92. The van der Waals surface area contributed by atoms with Crippen molar-refractivity contribution in [1.82, 2.24) is 5.32 Å². The van der Waals surface area contributed by atoms with Crippen LogP contribution in [0.1, 0.15) is 16.8 Å². The van der Waals surface area contributed by atoms with Crippen LogP contribution in [0.5, 0.6) is 0 Å². The Morgan fingerprint density at radius 2 is 1.94 bits per heavy atom. The van der Waals surface area contributed by atoms with Crippen LogP contribution in [0.15, 0.2) is 23.4 Å². The average Bonchev–Trinajstić information content (AvgIpc) is 2.27. The summed E-state index contributed by atoms with van der Waals surface area (Å²) in [5, 5.41) is 13.3. The van der Waals surface area contributed by atoms with Crippen LogP contribution < -0.4 is 11.1 Å². The molecule has 4 N–H and O–H groups in total. The molecule has 0 aromatic heterocycles. The average molecular weight is 243 g/mol. The van der Waals surface area contributed by atoms with Gasteiger partial charge < -0.3 is 16.3 Å². The number of oxime groups is 1. The highest BCUT2D eigenvalue weighted by atomic mass is 19.1. The predicted octanol–water partition coefficient (Wildman–Crippen LogP) is 0.831. The first-order valence-corrected chi connectivity index (χ1v) is 4.73. The van der Waals surface area contributed by atoms with E-state index in [4.69, 9.17) is 10.9 Å². The molecule has 0 saturated heterocycles. The molecular formula is C10H11F2N3O2. The maximum absolute atomic E-state index is 12.8. The Balaban J connectivity index is 2.58. The molecule has 0 bridgehead atoms. The minimum absolute atomic E-state index is 0.0456. The van der Waals surface area contributed by atoms with Crippen LogP contribution in [0.2, 0.25) is 0 Å². The van der Waals surface area contributed by atoms with Crippen LogP contribution in [0.3, 0.4) is 0 Å². The highest BCUT2D eigenvalue weighted by molar-refractivity contribution is 5.94.